The third-order valence-electron chi connectivity index (χ3n) is 1.64. The standard InChI is InChI=1S/C10H11NO/c1-8(7-11)10(12)9-5-3-2-4-6-9/h2-7H,11H2,1H3/b8-7-. The number of carbonyl (C=O) groups excluding carboxylic acids is 1. The first-order valence-electron chi connectivity index (χ1n) is 3.74. The van der Waals surface area contributed by atoms with Crippen molar-refractivity contribution in [2.75, 3.05) is 0 Å². The zero-order valence-electron chi connectivity index (χ0n) is 6.95. The zero-order valence-corrected chi connectivity index (χ0v) is 6.95. The molecule has 0 saturated heterocycles. The first-order chi connectivity index (χ1) is 5.75. The highest BCUT2D eigenvalue weighted by molar-refractivity contribution is 6.08. The molecule has 0 spiro atoms. The second-order valence-electron chi connectivity index (χ2n) is 2.54. The lowest BCUT2D eigenvalue weighted by molar-refractivity contribution is 0.103. The summed E-state index contributed by atoms with van der Waals surface area (Å²) in [4.78, 5) is 11.4. The van der Waals surface area contributed by atoms with Crippen LogP contribution in [0.2, 0.25) is 0 Å². The summed E-state index contributed by atoms with van der Waals surface area (Å²) in [6, 6.07) is 9.08. The second-order valence-corrected chi connectivity index (χ2v) is 2.54. The van der Waals surface area contributed by atoms with Crippen LogP contribution in [0.25, 0.3) is 0 Å². The fourth-order valence-electron chi connectivity index (χ4n) is 0.893. The summed E-state index contributed by atoms with van der Waals surface area (Å²) in [7, 11) is 0. The summed E-state index contributed by atoms with van der Waals surface area (Å²) in [6.07, 6.45) is 1.33. The van der Waals surface area contributed by atoms with E-state index in [1.54, 1.807) is 19.1 Å². The molecule has 0 fully saturated rings. The second kappa shape index (κ2) is 3.72. The summed E-state index contributed by atoms with van der Waals surface area (Å²) >= 11 is 0. The molecule has 0 aliphatic carbocycles. The molecule has 0 heterocycles. The molecule has 0 atom stereocenters. The average molecular weight is 161 g/mol. The van der Waals surface area contributed by atoms with Crippen molar-refractivity contribution in [2.24, 2.45) is 5.73 Å². The molecule has 0 unspecified atom stereocenters. The Morgan fingerprint density at radius 2 is 1.92 bits per heavy atom. The topological polar surface area (TPSA) is 43.1 Å². The van der Waals surface area contributed by atoms with Crippen LogP contribution < -0.4 is 5.73 Å². The van der Waals surface area contributed by atoms with Gasteiger partial charge in [-0.1, -0.05) is 30.3 Å². The van der Waals surface area contributed by atoms with Gasteiger partial charge in [0.1, 0.15) is 0 Å². The minimum Gasteiger partial charge on any atom is -0.404 e. The van der Waals surface area contributed by atoms with E-state index in [4.69, 9.17) is 5.73 Å². The van der Waals surface area contributed by atoms with Gasteiger partial charge in [0.15, 0.2) is 5.78 Å². The molecule has 1 aromatic carbocycles. The van der Waals surface area contributed by atoms with E-state index in [-0.39, 0.29) is 5.78 Å². The third-order valence-corrected chi connectivity index (χ3v) is 1.64. The van der Waals surface area contributed by atoms with Crippen LogP contribution in [0.3, 0.4) is 0 Å². The quantitative estimate of drug-likeness (QED) is 0.530. The number of rotatable bonds is 2. The molecular formula is C10H11NO. The van der Waals surface area contributed by atoms with Crippen LogP contribution in [0.15, 0.2) is 42.1 Å². The van der Waals surface area contributed by atoms with Crippen LogP contribution in [-0.4, -0.2) is 5.78 Å². The van der Waals surface area contributed by atoms with E-state index in [0.29, 0.717) is 11.1 Å². The summed E-state index contributed by atoms with van der Waals surface area (Å²) in [5.41, 5.74) is 6.48. The highest BCUT2D eigenvalue weighted by Crippen LogP contribution is 2.05. The Balaban J connectivity index is 2.94. The summed E-state index contributed by atoms with van der Waals surface area (Å²) in [5.74, 6) is -0.0156. The molecule has 2 heteroatoms. The van der Waals surface area contributed by atoms with Crippen molar-refractivity contribution < 1.29 is 4.79 Å². The van der Waals surface area contributed by atoms with Crippen LogP contribution in [0.5, 0.6) is 0 Å². The smallest absolute Gasteiger partial charge is 0.190 e. The lowest BCUT2D eigenvalue weighted by Gasteiger charge is -1.98. The monoisotopic (exact) mass is 161 g/mol. The fraction of sp³-hybridized carbons (Fsp3) is 0.100. The molecule has 12 heavy (non-hydrogen) atoms. The van der Waals surface area contributed by atoms with Gasteiger partial charge in [-0.2, -0.15) is 0 Å². The van der Waals surface area contributed by atoms with Gasteiger partial charge in [-0.3, -0.25) is 4.79 Å². The molecule has 0 aliphatic heterocycles. The molecular weight excluding hydrogens is 150 g/mol. The van der Waals surface area contributed by atoms with Crippen molar-refractivity contribution in [3.8, 4) is 0 Å². The number of benzene rings is 1. The zero-order chi connectivity index (χ0) is 8.97. The van der Waals surface area contributed by atoms with Crippen LogP contribution in [0.4, 0.5) is 0 Å². The van der Waals surface area contributed by atoms with E-state index in [1.165, 1.54) is 6.20 Å². The number of Topliss-reactive ketones (excluding diaryl/α,β-unsaturated/α-hetero) is 1. The lowest BCUT2D eigenvalue weighted by atomic mass is 10.1. The van der Waals surface area contributed by atoms with E-state index in [0.717, 1.165) is 0 Å². The van der Waals surface area contributed by atoms with Gasteiger partial charge in [0.05, 0.1) is 0 Å². The Labute approximate surface area is 71.7 Å². The molecule has 62 valence electrons. The van der Waals surface area contributed by atoms with Crippen molar-refractivity contribution in [3.63, 3.8) is 0 Å². The van der Waals surface area contributed by atoms with Gasteiger partial charge in [0.2, 0.25) is 0 Å². The van der Waals surface area contributed by atoms with Crippen LogP contribution in [-0.2, 0) is 0 Å². The Morgan fingerprint density at radius 3 is 2.42 bits per heavy atom. The van der Waals surface area contributed by atoms with E-state index in [1.807, 2.05) is 18.2 Å². The van der Waals surface area contributed by atoms with E-state index < -0.39 is 0 Å². The number of carbonyl (C=O) groups is 1. The third kappa shape index (κ3) is 1.72. The molecule has 0 bridgehead atoms. The molecule has 1 rings (SSSR count). The Kier molecular flexibility index (Phi) is 2.64. The molecule has 0 amide bonds. The average Bonchev–Trinajstić information content (AvgIpc) is 2.17. The van der Waals surface area contributed by atoms with Crippen molar-refractivity contribution in [1.82, 2.24) is 0 Å². The number of ketones is 1. The Morgan fingerprint density at radius 1 is 1.33 bits per heavy atom. The molecule has 0 radical (unpaired) electrons. The minimum absolute atomic E-state index is 0.0156. The van der Waals surface area contributed by atoms with Crippen LogP contribution in [0, 0.1) is 0 Å². The van der Waals surface area contributed by atoms with E-state index >= 15 is 0 Å². The highest BCUT2D eigenvalue weighted by Gasteiger charge is 2.05. The SMILES string of the molecule is C/C(=C/N)C(=O)c1ccccc1. The highest BCUT2D eigenvalue weighted by atomic mass is 16.1. The van der Waals surface area contributed by atoms with Crippen molar-refractivity contribution >= 4 is 5.78 Å². The van der Waals surface area contributed by atoms with Gasteiger partial charge in [-0.05, 0) is 6.92 Å². The van der Waals surface area contributed by atoms with Crippen LogP contribution >= 0.6 is 0 Å². The minimum atomic E-state index is -0.0156. The van der Waals surface area contributed by atoms with Gasteiger partial charge in [-0.25, -0.2) is 0 Å². The van der Waals surface area contributed by atoms with Gasteiger partial charge >= 0.3 is 0 Å². The van der Waals surface area contributed by atoms with E-state index in [9.17, 15) is 4.79 Å². The molecule has 2 N–H and O–H groups in total. The predicted molar refractivity (Wildman–Crippen MR) is 48.7 cm³/mol. The normalized spacial score (nSPS) is 11.2. The number of nitrogens with two attached hydrogens (primary N) is 1. The maximum absolute atomic E-state index is 11.4. The van der Waals surface area contributed by atoms with Gasteiger partial charge < -0.3 is 5.73 Å². The summed E-state index contributed by atoms with van der Waals surface area (Å²) < 4.78 is 0. The molecule has 2 nitrogen and oxygen atoms in total. The van der Waals surface area contributed by atoms with Gasteiger partial charge in [-0.15, -0.1) is 0 Å². The molecule has 0 saturated carbocycles. The van der Waals surface area contributed by atoms with Crippen molar-refractivity contribution in [2.45, 2.75) is 6.92 Å². The van der Waals surface area contributed by atoms with Gasteiger partial charge in [0.25, 0.3) is 0 Å². The largest absolute Gasteiger partial charge is 0.404 e. The van der Waals surface area contributed by atoms with E-state index in [2.05, 4.69) is 0 Å². The summed E-state index contributed by atoms with van der Waals surface area (Å²) in [6.45, 7) is 1.70. The summed E-state index contributed by atoms with van der Waals surface area (Å²) in [5, 5.41) is 0. The predicted octanol–water partition coefficient (Wildman–Crippen LogP) is 1.73. The van der Waals surface area contributed by atoms with Gasteiger partial charge in [0, 0.05) is 17.3 Å². The fourth-order valence-corrected chi connectivity index (χ4v) is 0.893. The number of hydrogen-bond donors (Lipinski definition) is 1. The molecule has 1 aromatic rings. The van der Waals surface area contributed by atoms with Crippen molar-refractivity contribution in [3.05, 3.63) is 47.7 Å². The Hall–Kier alpha value is -1.57. The number of allylic oxidation sites excluding steroid dienone is 1. The first-order valence-corrected chi connectivity index (χ1v) is 3.74. The Bertz CT molecular complexity index is 301. The maximum Gasteiger partial charge on any atom is 0.190 e. The van der Waals surface area contributed by atoms with Crippen LogP contribution in [0.1, 0.15) is 17.3 Å². The molecule has 0 aromatic heterocycles. The lowest BCUT2D eigenvalue weighted by Crippen LogP contribution is -2.01. The maximum atomic E-state index is 11.4. The number of hydrogen-bond acceptors (Lipinski definition) is 2. The first kappa shape index (κ1) is 8.53. The van der Waals surface area contributed by atoms with Crippen molar-refractivity contribution in [1.29, 1.82) is 0 Å². The molecule has 0 aliphatic rings.